The molecule has 1 N–H and O–H groups in total. The van der Waals surface area contributed by atoms with Gasteiger partial charge in [0, 0.05) is 24.9 Å². The summed E-state index contributed by atoms with van der Waals surface area (Å²) in [5.41, 5.74) is 0.221. The van der Waals surface area contributed by atoms with E-state index in [0.717, 1.165) is 38.5 Å². The van der Waals surface area contributed by atoms with E-state index in [1.165, 1.54) is 96.3 Å². The lowest BCUT2D eigenvalue weighted by atomic mass is 9.89. The molecule has 0 bridgehead atoms. The van der Waals surface area contributed by atoms with Gasteiger partial charge < -0.3 is 28.7 Å². The number of nitrogens with one attached hydrogen (secondary N) is 1. The van der Waals surface area contributed by atoms with Crippen LogP contribution in [0, 0.1) is 5.41 Å². The van der Waals surface area contributed by atoms with Gasteiger partial charge in [0.2, 0.25) is 0 Å². The Morgan fingerprint density at radius 2 is 1.06 bits per heavy atom. The first kappa shape index (κ1) is 49.0. The molecule has 2 atom stereocenters. The summed E-state index contributed by atoms with van der Waals surface area (Å²) in [7, 11) is -4.64. The highest BCUT2D eigenvalue weighted by molar-refractivity contribution is 7.45. The van der Waals surface area contributed by atoms with Gasteiger partial charge in [-0.2, -0.15) is 0 Å². The maximum atomic E-state index is 12.6. The van der Waals surface area contributed by atoms with Crippen molar-refractivity contribution in [2.75, 3.05) is 26.4 Å². The number of unbranched alkanes of at least 4 members (excludes halogenated alkanes) is 19. The summed E-state index contributed by atoms with van der Waals surface area (Å²) in [6.45, 7) is 14.5. The highest BCUT2D eigenvalue weighted by atomic mass is 31.2. The molecule has 0 fully saturated rings. The van der Waals surface area contributed by atoms with Gasteiger partial charge in [-0.3, -0.25) is 14.2 Å². The first-order valence-electron chi connectivity index (χ1n) is 20.3. The highest BCUT2D eigenvalue weighted by Crippen LogP contribution is 2.38. The van der Waals surface area contributed by atoms with Crippen molar-refractivity contribution in [2.45, 2.75) is 214 Å². The van der Waals surface area contributed by atoms with Gasteiger partial charge in [0.1, 0.15) is 6.61 Å². The van der Waals surface area contributed by atoms with Crippen molar-refractivity contribution in [1.29, 1.82) is 0 Å². The lowest BCUT2D eigenvalue weighted by Crippen LogP contribution is -2.38. The van der Waals surface area contributed by atoms with Crippen molar-refractivity contribution in [1.82, 2.24) is 5.32 Å². The average Bonchev–Trinajstić information content (AvgIpc) is 3.03. The molecular formula is C40H79NO8P-. The van der Waals surface area contributed by atoms with Gasteiger partial charge in [0.05, 0.1) is 13.2 Å². The molecule has 0 saturated carbocycles. The predicted octanol–water partition coefficient (Wildman–Crippen LogP) is 10.8. The van der Waals surface area contributed by atoms with Crippen LogP contribution in [0.2, 0.25) is 0 Å². The number of phosphoric acid groups is 1. The monoisotopic (exact) mass is 733 g/mol. The van der Waals surface area contributed by atoms with Crippen molar-refractivity contribution >= 4 is 19.8 Å². The smallest absolute Gasteiger partial charge is 0.306 e. The molecule has 10 heteroatoms. The highest BCUT2D eigenvalue weighted by Gasteiger charge is 2.21. The Labute approximate surface area is 308 Å². The largest absolute Gasteiger partial charge is 0.756 e. The van der Waals surface area contributed by atoms with Crippen LogP contribution in [0.4, 0.5) is 0 Å². The third-order valence-corrected chi connectivity index (χ3v) is 9.66. The summed E-state index contributed by atoms with van der Waals surface area (Å²) in [4.78, 5) is 37.4. The molecule has 298 valence electrons. The molecule has 0 radical (unpaired) electrons. The Morgan fingerprint density at radius 3 is 1.52 bits per heavy atom. The number of hydrogen-bond acceptors (Lipinski definition) is 9. The molecule has 0 aliphatic heterocycles. The summed E-state index contributed by atoms with van der Waals surface area (Å²) < 4.78 is 33.2. The minimum Gasteiger partial charge on any atom is -0.756 e. The van der Waals surface area contributed by atoms with E-state index >= 15 is 0 Å². The Bertz CT molecular complexity index is 870. The van der Waals surface area contributed by atoms with Crippen LogP contribution in [0.3, 0.4) is 0 Å². The van der Waals surface area contributed by atoms with Crippen molar-refractivity contribution < 1.29 is 37.6 Å². The van der Waals surface area contributed by atoms with Crippen LogP contribution in [-0.4, -0.2) is 49.9 Å². The molecule has 0 spiro atoms. The number of hydrogen-bond donors (Lipinski definition) is 1. The van der Waals surface area contributed by atoms with E-state index in [1.807, 2.05) is 20.8 Å². The molecule has 50 heavy (non-hydrogen) atoms. The Morgan fingerprint density at radius 1 is 0.620 bits per heavy atom. The standard InChI is InChI=1S/C40H80NO8P/c1-8-9-10-11-12-13-14-15-16-17-20-23-26-29-37(42)46-34-36(35-48-50(44,45)47-33-32-41-40(5,6)7)49-38(43)30-27-24-21-18-19-22-25-28-31-39(2,3)4/h36,41H,8-35H2,1-7H3,(H,44,45)/p-1. The topological polar surface area (TPSA) is 123 Å². The first-order chi connectivity index (χ1) is 23.6. The number of rotatable bonds is 34. The number of phosphoric ester groups is 1. The van der Waals surface area contributed by atoms with E-state index in [9.17, 15) is 19.0 Å². The van der Waals surface area contributed by atoms with Gasteiger partial charge in [-0.1, -0.05) is 150 Å². The fourth-order valence-electron chi connectivity index (χ4n) is 5.69. The Balaban J connectivity index is 4.44. The second kappa shape index (κ2) is 30.5. The molecular weight excluding hydrogens is 653 g/mol. The van der Waals surface area contributed by atoms with Crippen LogP contribution < -0.4 is 10.2 Å². The van der Waals surface area contributed by atoms with Gasteiger partial charge in [-0.05, 0) is 45.4 Å². The summed E-state index contributed by atoms with van der Waals surface area (Å²) >= 11 is 0. The molecule has 0 heterocycles. The number of esters is 2. The van der Waals surface area contributed by atoms with E-state index < -0.39 is 26.5 Å². The van der Waals surface area contributed by atoms with Crippen molar-refractivity contribution in [3.8, 4) is 0 Å². The molecule has 9 nitrogen and oxygen atoms in total. The normalized spacial score (nSPS) is 14.0. The second-order valence-electron chi connectivity index (χ2n) is 16.4. The van der Waals surface area contributed by atoms with E-state index in [1.54, 1.807) is 0 Å². The van der Waals surface area contributed by atoms with Gasteiger partial charge in [0.25, 0.3) is 7.82 Å². The predicted molar refractivity (Wildman–Crippen MR) is 204 cm³/mol. The van der Waals surface area contributed by atoms with Crippen LogP contribution in [-0.2, 0) is 32.7 Å². The fraction of sp³-hybridized carbons (Fsp3) is 0.950. The van der Waals surface area contributed by atoms with Gasteiger partial charge >= 0.3 is 11.9 Å². The number of ether oxygens (including phenoxy) is 2. The van der Waals surface area contributed by atoms with Crippen LogP contribution in [0.1, 0.15) is 203 Å². The van der Waals surface area contributed by atoms with E-state index in [4.69, 9.17) is 18.5 Å². The molecule has 0 aliphatic carbocycles. The Hall–Kier alpha value is -0.990. The van der Waals surface area contributed by atoms with E-state index in [0.29, 0.717) is 18.4 Å². The number of carbonyl (C=O) groups excluding carboxylic acids is 2. The molecule has 2 unspecified atom stereocenters. The number of carbonyl (C=O) groups is 2. The van der Waals surface area contributed by atoms with E-state index in [2.05, 4.69) is 33.0 Å². The summed E-state index contributed by atoms with van der Waals surface area (Å²) in [6, 6.07) is 0. The van der Waals surface area contributed by atoms with Crippen molar-refractivity contribution in [2.24, 2.45) is 5.41 Å². The van der Waals surface area contributed by atoms with Crippen LogP contribution in [0.15, 0.2) is 0 Å². The minimum absolute atomic E-state index is 0.0898. The van der Waals surface area contributed by atoms with Gasteiger partial charge in [0.15, 0.2) is 6.10 Å². The molecule has 0 rings (SSSR count). The molecule has 0 aliphatic rings. The summed E-state index contributed by atoms with van der Waals surface area (Å²) in [5.74, 6) is -0.841. The maximum Gasteiger partial charge on any atom is 0.306 e. The zero-order chi connectivity index (χ0) is 37.6. The molecule has 0 aromatic rings. The van der Waals surface area contributed by atoms with Gasteiger partial charge in [-0.15, -0.1) is 0 Å². The molecule has 0 aromatic carbocycles. The third kappa shape index (κ3) is 36.8. The van der Waals surface area contributed by atoms with Crippen LogP contribution >= 0.6 is 7.82 Å². The van der Waals surface area contributed by atoms with E-state index in [-0.39, 0.29) is 37.6 Å². The molecule has 0 saturated heterocycles. The maximum absolute atomic E-state index is 12.6. The SMILES string of the molecule is CCCCCCCCCCCCCCCC(=O)OCC(COP(=O)([O-])OCCNC(C)(C)C)OC(=O)CCCCCCCCCCC(C)(C)C. The average molecular weight is 733 g/mol. The van der Waals surface area contributed by atoms with Crippen molar-refractivity contribution in [3.05, 3.63) is 0 Å². The quantitative estimate of drug-likeness (QED) is 0.0391. The lowest BCUT2D eigenvalue weighted by Gasteiger charge is -2.26. The Kier molecular flexibility index (Phi) is 29.9. The fourth-order valence-corrected chi connectivity index (χ4v) is 6.42. The summed E-state index contributed by atoms with van der Waals surface area (Å²) in [5, 5.41) is 3.14. The van der Waals surface area contributed by atoms with Crippen molar-refractivity contribution in [3.63, 3.8) is 0 Å². The first-order valence-corrected chi connectivity index (χ1v) is 21.8. The lowest BCUT2D eigenvalue weighted by molar-refractivity contribution is -0.228. The van der Waals surface area contributed by atoms with Crippen LogP contribution in [0.25, 0.3) is 0 Å². The van der Waals surface area contributed by atoms with Gasteiger partial charge in [-0.25, -0.2) is 0 Å². The molecule has 0 aromatic heterocycles. The molecule has 0 amide bonds. The zero-order valence-corrected chi connectivity index (χ0v) is 34.5. The second-order valence-corrected chi connectivity index (χ2v) is 17.8. The zero-order valence-electron chi connectivity index (χ0n) is 33.6. The summed E-state index contributed by atoms with van der Waals surface area (Å²) in [6.07, 6.45) is 25.4. The van der Waals surface area contributed by atoms with Crippen LogP contribution in [0.5, 0.6) is 0 Å². The third-order valence-electron chi connectivity index (χ3n) is 8.70. The minimum atomic E-state index is -4.64.